The summed E-state index contributed by atoms with van der Waals surface area (Å²) in [7, 11) is 0. The lowest BCUT2D eigenvalue weighted by atomic mass is 9.91. The van der Waals surface area contributed by atoms with Crippen LogP contribution in [-0.4, -0.2) is 14.7 Å². The summed E-state index contributed by atoms with van der Waals surface area (Å²) in [6.07, 6.45) is 6.24. The van der Waals surface area contributed by atoms with Gasteiger partial charge < -0.3 is 9.67 Å². The maximum Gasteiger partial charge on any atom is 0.116 e. The fraction of sp³-hybridized carbons (Fsp3) is 0.308. The van der Waals surface area contributed by atoms with Gasteiger partial charge in [-0.2, -0.15) is 0 Å². The van der Waals surface area contributed by atoms with Crippen molar-refractivity contribution in [2.24, 2.45) is 0 Å². The lowest BCUT2D eigenvalue weighted by Gasteiger charge is -2.23. The zero-order valence-electron chi connectivity index (χ0n) is 9.00. The van der Waals surface area contributed by atoms with Crippen LogP contribution in [0.4, 0.5) is 0 Å². The predicted molar refractivity (Wildman–Crippen MR) is 61.4 cm³/mol. The van der Waals surface area contributed by atoms with Crippen LogP contribution in [0, 0.1) is 0 Å². The van der Waals surface area contributed by atoms with E-state index in [1.54, 1.807) is 12.1 Å². The molecule has 0 spiro atoms. The molecule has 3 nitrogen and oxygen atoms in total. The van der Waals surface area contributed by atoms with Crippen molar-refractivity contribution in [1.29, 1.82) is 0 Å². The van der Waals surface area contributed by atoms with Crippen molar-refractivity contribution < 1.29 is 5.11 Å². The van der Waals surface area contributed by atoms with Crippen LogP contribution in [0.25, 0.3) is 0 Å². The number of phenols is 1. The molecule has 3 heteroatoms. The van der Waals surface area contributed by atoms with E-state index in [0.717, 1.165) is 18.8 Å². The average Bonchev–Trinajstić information content (AvgIpc) is 2.78. The molecule has 1 atom stereocenters. The molecular formula is C13H14N2O. The molecule has 2 aromatic rings. The Morgan fingerprint density at radius 1 is 1.25 bits per heavy atom. The Hall–Kier alpha value is -1.77. The summed E-state index contributed by atoms with van der Waals surface area (Å²) in [5, 5.41) is 9.29. The number of hydrogen-bond donors (Lipinski definition) is 1. The third-order valence-corrected chi connectivity index (χ3v) is 3.25. The standard InChI is InChI=1S/C13H14N2O/c16-11-5-3-10(4-6-11)12-2-1-8-15-9-7-14-13(12)15/h3-7,9,12,16H,1-2,8H2/t12-/m0/s1. The highest BCUT2D eigenvalue weighted by Crippen LogP contribution is 2.32. The number of fused-ring (bicyclic) bond motifs is 1. The molecule has 1 aliphatic rings. The van der Waals surface area contributed by atoms with E-state index in [-0.39, 0.29) is 0 Å². The van der Waals surface area contributed by atoms with Gasteiger partial charge in [0.25, 0.3) is 0 Å². The topological polar surface area (TPSA) is 38.0 Å². The van der Waals surface area contributed by atoms with E-state index in [1.165, 1.54) is 12.0 Å². The van der Waals surface area contributed by atoms with Gasteiger partial charge in [-0.05, 0) is 30.5 Å². The second kappa shape index (κ2) is 3.67. The van der Waals surface area contributed by atoms with Gasteiger partial charge in [0.1, 0.15) is 11.6 Å². The third-order valence-electron chi connectivity index (χ3n) is 3.25. The fourth-order valence-electron chi connectivity index (χ4n) is 2.44. The molecule has 82 valence electrons. The molecule has 0 aliphatic carbocycles. The minimum absolute atomic E-state index is 0.322. The van der Waals surface area contributed by atoms with Crippen molar-refractivity contribution in [1.82, 2.24) is 9.55 Å². The molecule has 0 saturated heterocycles. The summed E-state index contributed by atoms with van der Waals surface area (Å²) in [6.45, 7) is 1.07. The second-order valence-electron chi connectivity index (χ2n) is 4.27. The number of phenolic OH excluding ortho intramolecular Hbond substituents is 1. The van der Waals surface area contributed by atoms with Crippen LogP contribution < -0.4 is 0 Å². The van der Waals surface area contributed by atoms with E-state index in [9.17, 15) is 5.11 Å². The number of aryl methyl sites for hydroxylation is 1. The number of hydrogen-bond acceptors (Lipinski definition) is 2. The van der Waals surface area contributed by atoms with Crippen LogP contribution >= 0.6 is 0 Å². The first-order valence-electron chi connectivity index (χ1n) is 5.64. The van der Waals surface area contributed by atoms with E-state index < -0.39 is 0 Å². The van der Waals surface area contributed by atoms with E-state index in [0.29, 0.717) is 11.7 Å². The van der Waals surface area contributed by atoms with Crippen LogP contribution in [0.2, 0.25) is 0 Å². The summed E-state index contributed by atoms with van der Waals surface area (Å²) in [5.74, 6) is 1.85. The summed E-state index contributed by atoms with van der Waals surface area (Å²) in [6, 6.07) is 7.48. The van der Waals surface area contributed by atoms with Gasteiger partial charge in [-0.15, -0.1) is 0 Å². The first-order chi connectivity index (χ1) is 7.84. The summed E-state index contributed by atoms with van der Waals surface area (Å²) in [5.41, 5.74) is 1.24. The molecule has 16 heavy (non-hydrogen) atoms. The maximum absolute atomic E-state index is 9.29. The Labute approximate surface area is 94.4 Å². The van der Waals surface area contributed by atoms with E-state index in [2.05, 4.69) is 9.55 Å². The Kier molecular flexibility index (Phi) is 2.17. The highest BCUT2D eigenvalue weighted by atomic mass is 16.3. The molecule has 0 unspecified atom stereocenters. The van der Waals surface area contributed by atoms with Gasteiger partial charge >= 0.3 is 0 Å². The summed E-state index contributed by atoms with van der Waals surface area (Å²) < 4.78 is 2.22. The van der Waals surface area contributed by atoms with Gasteiger partial charge in [0.15, 0.2) is 0 Å². The molecule has 1 aromatic carbocycles. The zero-order valence-corrected chi connectivity index (χ0v) is 9.00. The molecule has 0 bridgehead atoms. The molecule has 3 rings (SSSR count). The lowest BCUT2D eigenvalue weighted by molar-refractivity contribution is 0.470. The molecule has 1 aliphatic heterocycles. The molecule has 1 N–H and O–H groups in total. The van der Waals surface area contributed by atoms with Crippen molar-refractivity contribution in [2.75, 3.05) is 0 Å². The van der Waals surface area contributed by atoms with Crippen LogP contribution in [0.5, 0.6) is 5.75 Å². The van der Waals surface area contributed by atoms with Gasteiger partial charge in [0.2, 0.25) is 0 Å². The van der Waals surface area contributed by atoms with Crippen molar-refractivity contribution in [3.8, 4) is 5.75 Å². The summed E-state index contributed by atoms with van der Waals surface area (Å²) in [4.78, 5) is 4.44. The highest BCUT2D eigenvalue weighted by molar-refractivity contribution is 5.32. The summed E-state index contributed by atoms with van der Waals surface area (Å²) >= 11 is 0. The van der Waals surface area contributed by atoms with E-state index in [1.807, 2.05) is 24.5 Å². The minimum atomic E-state index is 0.322. The smallest absolute Gasteiger partial charge is 0.116 e. The average molecular weight is 214 g/mol. The second-order valence-corrected chi connectivity index (χ2v) is 4.27. The number of nitrogens with zero attached hydrogens (tertiary/aromatic N) is 2. The predicted octanol–water partition coefficient (Wildman–Crippen LogP) is 2.51. The van der Waals surface area contributed by atoms with Crippen molar-refractivity contribution in [3.05, 3.63) is 48.0 Å². The highest BCUT2D eigenvalue weighted by Gasteiger charge is 2.22. The monoisotopic (exact) mass is 214 g/mol. The normalized spacial score (nSPS) is 19.4. The van der Waals surface area contributed by atoms with Gasteiger partial charge in [0, 0.05) is 24.9 Å². The van der Waals surface area contributed by atoms with Crippen LogP contribution in [0.3, 0.4) is 0 Å². The molecule has 2 heterocycles. The zero-order chi connectivity index (χ0) is 11.0. The minimum Gasteiger partial charge on any atom is -0.508 e. The number of aromatic nitrogens is 2. The Morgan fingerprint density at radius 2 is 2.06 bits per heavy atom. The largest absolute Gasteiger partial charge is 0.508 e. The first kappa shape index (κ1) is 9.46. The fourth-order valence-corrected chi connectivity index (χ4v) is 2.44. The van der Waals surface area contributed by atoms with Crippen LogP contribution in [-0.2, 0) is 6.54 Å². The Morgan fingerprint density at radius 3 is 2.88 bits per heavy atom. The van der Waals surface area contributed by atoms with Crippen molar-refractivity contribution in [2.45, 2.75) is 25.3 Å². The number of imidazole rings is 1. The molecule has 0 amide bonds. The van der Waals surface area contributed by atoms with Gasteiger partial charge in [-0.1, -0.05) is 12.1 Å². The van der Waals surface area contributed by atoms with Crippen molar-refractivity contribution >= 4 is 0 Å². The van der Waals surface area contributed by atoms with Crippen LogP contribution in [0.15, 0.2) is 36.7 Å². The van der Waals surface area contributed by atoms with Gasteiger partial charge in [-0.25, -0.2) is 4.98 Å². The van der Waals surface area contributed by atoms with Gasteiger partial charge in [0.05, 0.1) is 0 Å². The first-order valence-corrected chi connectivity index (χ1v) is 5.64. The maximum atomic E-state index is 9.29. The Bertz CT molecular complexity index is 487. The quantitative estimate of drug-likeness (QED) is 0.792. The third kappa shape index (κ3) is 1.48. The number of benzene rings is 1. The SMILES string of the molecule is Oc1ccc([C@@H]2CCCn3ccnc32)cc1. The molecule has 0 radical (unpaired) electrons. The van der Waals surface area contributed by atoms with Gasteiger partial charge in [-0.3, -0.25) is 0 Å². The van der Waals surface area contributed by atoms with Crippen molar-refractivity contribution in [3.63, 3.8) is 0 Å². The molecular weight excluding hydrogens is 200 g/mol. The lowest BCUT2D eigenvalue weighted by Crippen LogP contribution is -2.16. The number of rotatable bonds is 1. The molecule has 1 aromatic heterocycles. The van der Waals surface area contributed by atoms with E-state index >= 15 is 0 Å². The molecule has 0 fully saturated rings. The van der Waals surface area contributed by atoms with Crippen LogP contribution in [0.1, 0.15) is 30.1 Å². The molecule has 0 saturated carbocycles. The van der Waals surface area contributed by atoms with E-state index in [4.69, 9.17) is 0 Å². The Balaban J connectivity index is 2.00. The number of aromatic hydroxyl groups is 1.